The number of nitrogens with one attached hydrogen (secondary N) is 1. The van der Waals surface area contributed by atoms with Gasteiger partial charge in [-0.05, 0) is 13.0 Å². The van der Waals surface area contributed by atoms with Crippen LogP contribution in [0.4, 0.5) is 0 Å². The van der Waals surface area contributed by atoms with Crippen LogP contribution in [0.25, 0.3) is 0 Å². The maximum Gasteiger partial charge on any atom is 0.255 e. The normalized spacial score (nSPS) is 21.4. The van der Waals surface area contributed by atoms with Crippen LogP contribution in [0.15, 0.2) is 18.5 Å². The van der Waals surface area contributed by atoms with Gasteiger partial charge in [-0.1, -0.05) is 0 Å². The highest BCUT2D eigenvalue weighted by Crippen LogP contribution is 2.08. The molecule has 80 valence electrons. The molecule has 2 rings (SSSR count). The van der Waals surface area contributed by atoms with Crippen molar-refractivity contribution in [2.45, 2.75) is 13.0 Å². The molecule has 15 heavy (non-hydrogen) atoms. The summed E-state index contributed by atoms with van der Waals surface area (Å²) < 4.78 is 0. The summed E-state index contributed by atoms with van der Waals surface area (Å²) in [5.41, 5.74) is 0.610. The first kappa shape index (κ1) is 10.0. The Morgan fingerprint density at radius 1 is 1.60 bits per heavy atom. The van der Waals surface area contributed by atoms with Gasteiger partial charge in [0.05, 0.1) is 18.0 Å². The first-order valence-corrected chi connectivity index (χ1v) is 5.07. The van der Waals surface area contributed by atoms with Crippen molar-refractivity contribution in [2.24, 2.45) is 0 Å². The van der Waals surface area contributed by atoms with Gasteiger partial charge in [0.1, 0.15) is 0 Å². The standard InChI is InChI=1S/C10H14N4O/c1-8-6-11-4-5-14(8)10(15)9-2-3-12-13-7-9/h2-3,7-8,11H,4-6H2,1H3. The number of aromatic nitrogens is 2. The number of nitrogens with zero attached hydrogens (tertiary/aromatic N) is 3. The molecule has 0 saturated carbocycles. The molecule has 5 nitrogen and oxygen atoms in total. The zero-order chi connectivity index (χ0) is 10.7. The Hall–Kier alpha value is -1.49. The minimum Gasteiger partial charge on any atom is -0.333 e. The molecular formula is C10H14N4O. The third-order valence-corrected chi connectivity index (χ3v) is 2.59. The first-order chi connectivity index (χ1) is 7.29. The molecule has 0 spiro atoms. The van der Waals surface area contributed by atoms with Crippen LogP contribution in [0.3, 0.4) is 0 Å². The van der Waals surface area contributed by atoms with Crippen LogP contribution in [-0.2, 0) is 0 Å². The maximum absolute atomic E-state index is 12.0. The fourth-order valence-electron chi connectivity index (χ4n) is 1.73. The van der Waals surface area contributed by atoms with E-state index in [0.29, 0.717) is 5.56 Å². The molecule has 1 aliphatic rings. The second kappa shape index (κ2) is 4.35. The molecule has 0 bridgehead atoms. The zero-order valence-electron chi connectivity index (χ0n) is 8.68. The molecule has 0 aliphatic carbocycles. The van der Waals surface area contributed by atoms with Crippen LogP contribution >= 0.6 is 0 Å². The Bertz CT molecular complexity index is 341. The van der Waals surface area contributed by atoms with Gasteiger partial charge in [0.2, 0.25) is 0 Å². The van der Waals surface area contributed by atoms with Gasteiger partial charge >= 0.3 is 0 Å². The lowest BCUT2D eigenvalue weighted by Gasteiger charge is -2.33. The lowest BCUT2D eigenvalue weighted by atomic mass is 10.2. The van der Waals surface area contributed by atoms with Crippen molar-refractivity contribution in [1.29, 1.82) is 0 Å². The minimum atomic E-state index is 0.0406. The highest BCUT2D eigenvalue weighted by molar-refractivity contribution is 5.94. The molecule has 5 heteroatoms. The fourth-order valence-corrected chi connectivity index (χ4v) is 1.73. The van der Waals surface area contributed by atoms with Gasteiger partial charge in [-0.25, -0.2) is 0 Å². The average Bonchev–Trinajstić information content (AvgIpc) is 2.30. The molecule has 1 saturated heterocycles. The van der Waals surface area contributed by atoms with Crippen molar-refractivity contribution in [3.8, 4) is 0 Å². The van der Waals surface area contributed by atoms with Crippen molar-refractivity contribution in [2.75, 3.05) is 19.6 Å². The second-order valence-electron chi connectivity index (χ2n) is 3.68. The van der Waals surface area contributed by atoms with Crippen molar-refractivity contribution >= 4 is 5.91 Å². The number of rotatable bonds is 1. The molecule has 1 atom stereocenters. The molecule has 1 fully saturated rings. The highest BCUT2D eigenvalue weighted by Gasteiger charge is 2.23. The second-order valence-corrected chi connectivity index (χ2v) is 3.68. The van der Waals surface area contributed by atoms with E-state index < -0.39 is 0 Å². The predicted molar refractivity (Wildman–Crippen MR) is 55.4 cm³/mol. The minimum absolute atomic E-state index is 0.0406. The van der Waals surface area contributed by atoms with Gasteiger partial charge in [-0.15, -0.1) is 0 Å². The molecule has 1 amide bonds. The summed E-state index contributed by atoms with van der Waals surface area (Å²) in [5, 5.41) is 10.6. The largest absolute Gasteiger partial charge is 0.333 e. The van der Waals surface area contributed by atoms with E-state index >= 15 is 0 Å². The molecule has 2 heterocycles. The number of carbonyl (C=O) groups excluding carboxylic acids is 1. The summed E-state index contributed by atoms with van der Waals surface area (Å²) in [6.45, 7) is 4.50. The SMILES string of the molecule is CC1CNCCN1C(=O)c1ccnnc1. The van der Waals surface area contributed by atoms with Gasteiger partial charge in [0, 0.05) is 25.7 Å². The van der Waals surface area contributed by atoms with Crippen LogP contribution in [0.2, 0.25) is 0 Å². The summed E-state index contributed by atoms with van der Waals surface area (Å²) in [6.07, 6.45) is 3.05. The van der Waals surface area contributed by atoms with Crippen molar-refractivity contribution < 1.29 is 4.79 Å². The third-order valence-electron chi connectivity index (χ3n) is 2.59. The number of piperazine rings is 1. The van der Waals surface area contributed by atoms with Crippen molar-refractivity contribution in [3.05, 3.63) is 24.0 Å². The molecule has 1 aromatic heterocycles. The van der Waals surface area contributed by atoms with Crippen molar-refractivity contribution in [1.82, 2.24) is 20.4 Å². The Kier molecular flexibility index (Phi) is 2.91. The highest BCUT2D eigenvalue weighted by atomic mass is 16.2. The summed E-state index contributed by atoms with van der Waals surface area (Å²) >= 11 is 0. The van der Waals surface area contributed by atoms with Gasteiger partial charge in [0.15, 0.2) is 0 Å². The average molecular weight is 206 g/mol. The smallest absolute Gasteiger partial charge is 0.255 e. The van der Waals surface area contributed by atoms with Gasteiger partial charge in [-0.3, -0.25) is 4.79 Å². The Morgan fingerprint density at radius 3 is 3.13 bits per heavy atom. The van der Waals surface area contributed by atoms with E-state index in [1.54, 1.807) is 12.3 Å². The Morgan fingerprint density at radius 2 is 2.47 bits per heavy atom. The Balaban J connectivity index is 2.13. The molecule has 0 aromatic carbocycles. The van der Waals surface area contributed by atoms with Crippen LogP contribution in [-0.4, -0.2) is 46.7 Å². The van der Waals surface area contributed by atoms with Gasteiger partial charge < -0.3 is 10.2 Å². The van der Waals surface area contributed by atoms with E-state index in [1.165, 1.54) is 6.20 Å². The molecular weight excluding hydrogens is 192 g/mol. The summed E-state index contributed by atoms with van der Waals surface area (Å²) in [4.78, 5) is 13.9. The molecule has 1 aliphatic heterocycles. The number of carbonyl (C=O) groups is 1. The third kappa shape index (κ3) is 2.12. The van der Waals surface area contributed by atoms with Crippen LogP contribution < -0.4 is 5.32 Å². The lowest BCUT2D eigenvalue weighted by molar-refractivity contribution is 0.0655. The van der Waals surface area contributed by atoms with Crippen LogP contribution in [0.5, 0.6) is 0 Å². The predicted octanol–water partition coefficient (Wildman–Crippen LogP) is -0.0895. The van der Waals surface area contributed by atoms with Crippen LogP contribution in [0, 0.1) is 0 Å². The monoisotopic (exact) mass is 206 g/mol. The van der Waals surface area contributed by atoms with E-state index in [1.807, 2.05) is 11.8 Å². The first-order valence-electron chi connectivity index (χ1n) is 5.07. The van der Waals surface area contributed by atoms with E-state index in [4.69, 9.17) is 0 Å². The number of hydrogen-bond acceptors (Lipinski definition) is 4. The topological polar surface area (TPSA) is 58.1 Å². The maximum atomic E-state index is 12.0. The summed E-state index contributed by atoms with van der Waals surface area (Å²) in [5.74, 6) is 0.0406. The lowest BCUT2D eigenvalue weighted by Crippen LogP contribution is -2.52. The number of hydrogen-bond donors (Lipinski definition) is 1. The summed E-state index contributed by atoms with van der Waals surface area (Å²) in [7, 11) is 0. The summed E-state index contributed by atoms with van der Waals surface area (Å²) in [6, 6.07) is 1.93. The Labute approximate surface area is 88.5 Å². The fraction of sp³-hybridized carbons (Fsp3) is 0.500. The quantitative estimate of drug-likeness (QED) is 0.697. The van der Waals surface area contributed by atoms with Gasteiger partial charge in [0.25, 0.3) is 5.91 Å². The van der Waals surface area contributed by atoms with Crippen LogP contribution in [0.1, 0.15) is 17.3 Å². The number of amides is 1. The molecule has 1 unspecified atom stereocenters. The van der Waals surface area contributed by atoms with Gasteiger partial charge in [-0.2, -0.15) is 10.2 Å². The van der Waals surface area contributed by atoms with E-state index in [0.717, 1.165) is 19.6 Å². The molecule has 0 radical (unpaired) electrons. The van der Waals surface area contributed by atoms with Crippen molar-refractivity contribution in [3.63, 3.8) is 0 Å². The van der Waals surface area contributed by atoms with E-state index in [2.05, 4.69) is 15.5 Å². The molecule has 1 N–H and O–H groups in total. The van der Waals surface area contributed by atoms with E-state index in [-0.39, 0.29) is 11.9 Å². The zero-order valence-corrected chi connectivity index (χ0v) is 8.68. The van der Waals surface area contributed by atoms with E-state index in [9.17, 15) is 4.79 Å². The molecule has 1 aromatic rings.